The van der Waals surface area contributed by atoms with Crippen LogP contribution in [0.3, 0.4) is 0 Å². The number of ether oxygens (including phenoxy) is 2. The van der Waals surface area contributed by atoms with E-state index in [4.69, 9.17) is 4.74 Å². The van der Waals surface area contributed by atoms with Crippen molar-refractivity contribution in [2.75, 3.05) is 12.4 Å². The maximum absolute atomic E-state index is 11.7. The topological polar surface area (TPSA) is 64.6 Å². The Morgan fingerprint density at radius 1 is 1.41 bits per heavy atom. The molecule has 1 aliphatic rings. The van der Waals surface area contributed by atoms with Crippen molar-refractivity contribution in [3.8, 4) is 5.75 Å². The highest BCUT2D eigenvalue weighted by Gasteiger charge is 2.35. The zero-order valence-electron chi connectivity index (χ0n) is 9.87. The Hall–Kier alpha value is -2.04. The fourth-order valence-corrected chi connectivity index (χ4v) is 1.56. The van der Waals surface area contributed by atoms with E-state index >= 15 is 0 Å². The summed E-state index contributed by atoms with van der Waals surface area (Å²) in [5.41, 5.74) is -0.0492. The van der Waals surface area contributed by atoms with Gasteiger partial charge >= 0.3 is 5.97 Å². The predicted octanol–water partition coefficient (Wildman–Crippen LogP) is 1.58. The Morgan fingerprint density at radius 3 is 2.76 bits per heavy atom. The molecule has 5 heteroatoms. The number of amides is 1. The molecule has 1 N–H and O–H groups in total. The van der Waals surface area contributed by atoms with Crippen LogP contribution in [0, 0.1) is 0 Å². The molecule has 2 rings (SSSR count). The van der Waals surface area contributed by atoms with Crippen molar-refractivity contribution in [1.29, 1.82) is 0 Å². The molecule has 0 fully saturated rings. The van der Waals surface area contributed by atoms with Gasteiger partial charge in [0.05, 0.1) is 18.4 Å². The molecule has 0 spiro atoms. The van der Waals surface area contributed by atoms with Gasteiger partial charge in [-0.1, -0.05) is 0 Å². The Labute approximate surface area is 98.7 Å². The van der Waals surface area contributed by atoms with Crippen LogP contribution < -0.4 is 10.1 Å². The van der Waals surface area contributed by atoms with Crippen LogP contribution in [-0.4, -0.2) is 24.6 Å². The standard InChI is InChI=1S/C12H13NO4/c1-12(2)11(15)13-8-6-7(10(14)16-3)4-5-9(8)17-12/h4-6H,1-3H3,(H,13,15). The highest BCUT2D eigenvalue weighted by atomic mass is 16.5. The molecule has 5 nitrogen and oxygen atoms in total. The molecule has 1 aromatic carbocycles. The first-order chi connectivity index (χ1) is 7.94. The Bertz CT molecular complexity index is 493. The number of esters is 1. The van der Waals surface area contributed by atoms with E-state index in [0.29, 0.717) is 17.0 Å². The Balaban J connectivity index is 2.39. The fraction of sp³-hybridized carbons (Fsp3) is 0.333. The molecule has 0 bridgehead atoms. The number of rotatable bonds is 1. The number of nitrogens with one attached hydrogen (secondary N) is 1. The highest BCUT2D eigenvalue weighted by molar-refractivity contribution is 6.01. The molecule has 90 valence electrons. The third-order valence-electron chi connectivity index (χ3n) is 2.56. The lowest BCUT2D eigenvalue weighted by atomic mass is 10.1. The van der Waals surface area contributed by atoms with E-state index < -0.39 is 11.6 Å². The van der Waals surface area contributed by atoms with E-state index in [2.05, 4.69) is 10.1 Å². The average molecular weight is 235 g/mol. The van der Waals surface area contributed by atoms with Crippen molar-refractivity contribution in [2.45, 2.75) is 19.4 Å². The van der Waals surface area contributed by atoms with Gasteiger partial charge < -0.3 is 14.8 Å². The van der Waals surface area contributed by atoms with Crippen LogP contribution >= 0.6 is 0 Å². The fourth-order valence-electron chi connectivity index (χ4n) is 1.56. The van der Waals surface area contributed by atoms with E-state index in [1.165, 1.54) is 13.2 Å². The van der Waals surface area contributed by atoms with Gasteiger partial charge in [-0.15, -0.1) is 0 Å². The molecule has 0 saturated carbocycles. The van der Waals surface area contributed by atoms with Crippen molar-refractivity contribution >= 4 is 17.6 Å². The number of hydrogen-bond acceptors (Lipinski definition) is 4. The van der Waals surface area contributed by atoms with E-state index in [1.807, 2.05) is 0 Å². The number of carbonyl (C=O) groups excluding carboxylic acids is 2. The van der Waals surface area contributed by atoms with Gasteiger partial charge in [-0.3, -0.25) is 4.79 Å². The van der Waals surface area contributed by atoms with Gasteiger partial charge in [0, 0.05) is 0 Å². The molecule has 0 unspecified atom stereocenters. The summed E-state index contributed by atoms with van der Waals surface area (Å²) in [5, 5.41) is 2.70. The lowest BCUT2D eigenvalue weighted by molar-refractivity contribution is -0.129. The summed E-state index contributed by atoms with van der Waals surface area (Å²) in [7, 11) is 1.31. The minimum absolute atomic E-state index is 0.244. The largest absolute Gasteiger partial charge is 0.476 e. The van der Waals surface area contributed by atoms with Crippen molar-refractivity contribution in [3.63, 3.8) is 0 Å². The number of methoxy groups -OCH3 is 1. The summed E-state index contributed by atoms with van der Waals surface area (Å²) < 4.78 is 10.1. The second kappa shape index (κ2) is 3.76. The van der Waals surface area contributed by atoms with Gasteiger partial charge in [-0.25, -0.2) is 4.79 Å². The molecular weight excluding hydrogens is 222 g/mol. The second-order valence-corrected chi connectivity index (χ2v) is 4.27. The number of hydrogen-bond donors (Lipinski definition) is 1. The van der Waals surface area contributed by atoms with Crippen molar-refractivity contribution in [1.82, 2.24) is 0 Å². The van der Waals surface area contributed by atoms with Crippen molar-refractivity contribution in [3.05, 3.63) is 23.8 Å². The maximum atomic E-state index is 11.7. The molecule has 17 heavy (non-hydrogen) atoms. The van der Waals surface area contributed by atoms with Crippen LogP contribution in [0.25, 0.3) is 0 Å². The molecule has 0 aliphatic carbocycles. The minimum Gasteiger partial charge on any atom is -0.476 e. The van der Waals surface area contributed by atoms with Gasteiger partial charge in [0.2, 0.25) is 0 Å². The third kappa shape index (κ3) is 1.95. The first-order valence-corrected chi connectivity index (χ1v) is 5.17. The molecule has 1 aliphatic heterocycles. The van der Waals surface area contributed by atoms with Crippen LogP contribution in [-0.2, 0) is 9.53 Å². The molecule has 1 aromatic rings. The zero-order chi connectivity index (χ0) is 12.6. The van der Waals surface area contributed by atoms with Crippen molar-refractivity contribution in [2.24, 2.45) is 0 Å². The minimum atomic E-state index is -0.903. The third-order valence-corrected chi connectivity index (χ3v) is 2.56. The van der Waals surface area contributed by atoms with Crippen LogP contribution in [0.1, 0.15) is 24.2 Å². The van der Waals surface area contributed by atoms with E-state index in [1.54, 1.807) is 26.0 Å². The Kier molecular flexibility index (Phi) is 2.53. The van der Waals surface area contributed by atoms with Crippen LogP contribution in [0.2, 0.25) is 0 Å². The maximum Gasteiger partial charge on any atom is 0.337 e. The summed E-state index contributed by atoms with van der Waals surface area (Å²) in [4.78, 5) is 23.0. The van der Waals surface area contributed by atoms with Crippen molar-refractivity contribution < 1.29 is 19.1 Å². The number of benzene rings is 1. The quantitative estimate of drug-likeness (QED) is 0.750. The monoisotopic (exact) mass is 235 g/mol. The van der Waals surface area contributed by atoms with Gasteiger partial charge in [0.1, 0.15) is 5.75 Å². The van der Waals surface area contributed by atoms with Crippen LogP contribution in [0.15, 0.2) is 18.2 Å². The SMILES string of the molecule is COC(=O)c1ccc2c(c1)NC(=O)C(C)(C)O2. The summed E-state index contributed by atoms with van der Waals surface area (Å²) in [6.07, 6.45) is 0. The summed E-state index contributed by atoms with van der Waals surface area (Å²) in [5.74, 6) is -0.152. The lowest BCUT2D eigenvalue weighted by Crippen LogP contribution is -2.45. The predicted molar refractivity (Wildman–Crippen MR) is 61.1 cm³/mol. The van der Waals surface area contributed by atoms with Crippen LogP contribution in [0.5, 0.6) is 5.75 Å². The lowest BCUT2D eigenvalue weighted by Gasteiger charge is -2.31. The van der Waals surface area contributed by atoms with Gasteiger partial charge in [-0.05, 0) is 32.0 Å². The number of carbonyl (C=O) groups is 2. The van der Waals surface area contributed by atoms with E-state index in [-0.39, 0.29) is 5.91 Å². The van der Waals surface area contributed by atoms with Gasteiger partial charge in [0.25, 0.3) is 5.91 Å². The number of anilines is 1. The average Bonchev–Trinajstić information content (AvgIpc) is 2.28. The second-order valence-electron chi connectivity index (χ2n) is 4.27. The summed E-state index contributed by atoms with van der Waals surface area (Å²) in [6.45, 7) is 3.36. The first-order valence-electron chi connectivity index (χ1n) is 5.17. The molecule has 0 aromatic heterocycles. The molecule has 0 radical (unpaired) electrons. The smallest absolute Gasteiger partial charge is 0.337 e. The molecular formula is C12H13NO4. The molecule has 0 atom stereocenters. The normalized spacial score (nSPS) is 16.5. The highest BCUT2D eigenvalue weighted by Crippen LogP contribution is 2.34. The molecule has 0 saturated heterocycles. The number of fused-ring (bicyclic) bond motifs is 1. The van der Waals surface area contributed by atoms with Gasteiger partial charge in [-0.2, -0.15) is 0 Å². The molecule has 1 heterocycles. The zero-order valence-corrected chi connectivity index (χ0v) is 9.87. The van der Waals surface area contributed by atoms with Crippen LogP contribution in [0.4, 0.5) is 5.69 Å². The first kappa shape index (κ1) is 11.4. The summed E-state index contributed by atoms with van der Waals surface area (Å²) >= 11 is 0. The van der Waals surface area contributed by atoms with E-state index in [9.17, 15) is 9.59 Å². The summed E-state index contributed by atoms with van der Waals surface area (Å²) in [6, 6.07) is 4.77. The Morgan fingerprint density at radius 2 is 2.12 bits per heavy atom. The molecule has 1 amide bonds. The van der Waals surface area contributed by atoms with Gasteiger partial charge in [0.15, 0.2) is 5.60 Å². The van der Waals surface area contributed by atoms with E-state index in [0.717, 1.165) is 0 Å².